The fourth-order valence-corrected chi connectivity index (χ4v) is 2.88. The average Bonchev–Trinajstić information content (AvgIpc) is 3.15. The number of aryl methyl sites for hydroxylation is 1. The molecule has 3 rings (SSSR count). The van der Waals surface area contributed by atoms with Crippen LogP contribution < -0.4 is 5.32 Å². The maximum atomic E-state index is 12.5. The van der Waals surface area contributed by atoms with Crippen molar-refractivity contribution in [2.75, 3.05) is 6.61 Å². The first-order valence-corrected chi connectivity index (χ1v) is 7.71. The lowest BCUT2D eigenvalue weighted by Crippen LogP contribution is -2.37. The van der Waals surface area contributed by atoms with Crippen LogP contribution in [0.15, 0.2) is 30.5 Å². The molecular formula is C17H19N3O4. The van der Waals surface area contributed by atoms with Gasteiger partial charge in [-0.2, -0.15) is 5.10 Å². The monoisotopic (exact) mass is 329 g/mol. The molecule has 1 aliphatic heterocycles. The van der Waals surface area contributed by atoms with Gasteiger partial charge in [0.2, 0.25) is 0 Å². The van der Waals surface area contributed by atoms with Crippen molar-refractivity contribution in [2.24, 2.45) is 7.05 Å². The standard InChI is InChI=1S/C17H19N3O4/c1-10-13(9-18-20(10)2)15-14(6-7-24-15)19-16(21)11-4-3-5-12(8-11)17(22)23/h3-5,8-9,14-15H,6-7H2,1-2H3,(H,19,21)(H,22,23)/t14-,15+/m0/s1. The van der Waals surface area contributed by atoms with Crippen LogP contribution in [0.4, 0.5) is 0 Å². The highest BCUT2D eigenvalue weighted by Crippen LogP contribution is 2.31. The first-order chi connectivity index (χ1) is 11.5. The lowest BCUT2D eigenvalue weighted by Gasteiger charge is -2.20. The van der Waals surface area contributed by atoms with Gasteiger partial charge in [-0.15, -0.1) is 0 Å². The van der Waals surface area contributed by atoms with Crippen LogP contribution in [0.5, 0.6) is 0 Å². The van der Waals surface area contributed by atoms with Gasteiger partial charge in [0.05, 0.1) is 17.8 Å². The van der Waals surface area contributed by atoms with Crippen molar-refractivity contribution >= 4 is 11.9 Å². The van der Waals surface area contributed by atoms with E-state index in [4.69, 9.17) is 9.84 Å². The molecule has 2 heterocycles. The summed E-state index contributed by atoms with van der Waals surface area (Å²) >= 11 is 0. The number of amides is 1. The molecule has 0 unspecified atom stereocenters. The number of aromatic nitrogens is 2. The first-order valence-electron chi connectivity index (χ1n) is 7.71. The number of hydrogen-bond acceptors (Lipinski definition) is 4. The summed E-state index contributed by atoms with van der Waals surface area (Å²) in [6.07, 6.45) is 2.21. The number of carboxylic acids is 1. The Morgan fingerprint density at radius 3 is 2.79 bits per heavy atom. The molecule has 1 fully saturated rings. The molecule has 2 N–H and O–H groups in total. The van der Waals surface area contributed by atoms with Crippen LogP contribution in [-0.2, 0) is 11.8 Å². The number of benzene rings is 1. The molecule has 7 nitrogen and oxygen atoms in total. The minimum atomic E-state index is -1.06. The van der Waals surface area contributed by atoms with Crippen LogP contribution in [0.3, 0.4) is 0 Å². The SMILES string of the molecule is Cc1c([C@H]2OCC[C@@H]2NC(=O)c2cccc(C(=O)O)c2)cnn1C. The predicted molar refractivity (Wildman–Crippen MR) is 85.9 cm³/mol. The zero-order valence-corrected chi connectivity index (χ0v) is 13.5. The van der Waals surface area contributed by atoms with E-state index >= 15 is 0 Å². The van der Waals surface area contributed by atoms with Gasteiger partial charge >= 0.3 is 5.97 Å². The number of ether oxygens (including phenoxy) is 1. The van der Waals surface area contributed by atoms with Gasteiger partial charge < -0.3 is 15.2 Å². The average molecular weight is 329 g/mol. The molecule has 0 saturated carbocycles. The molecule has 0 bridgehead atoms. The van der Waals surface area contributed by atoms with E-state index in [0.717, 1.165) is 11.3 Å². The highest BCUT2D eigenvalue weighted by molar-refractivity contribution is 5.97. The molecule has 0 aliphatic carbocycles. The van der Waals surface area contributed by atoms with E-state index < -0.39 is 5.97 Å². The van der Waals surface area contributed by atoms with Crippen LogP contribution in [0.1, 0.15) is 44.5 Å². The molecule has 2 atom stereocenters. The number of nitrogens with one attached hydrogen (secondary N) is 1. The van der Waals surface area contributed by atoms with Gasteiger partial charge in [0, 0.05) is 30.5 Å². The van der Waals surface area contributed by atoms with E-state index in [-0.39, 0.29) is 23.6 Å². The Morgan fingerprint density at radius 2 is 2.12 bits per heavy atom. The summed E-state index contributed by atoms with van der Waals surface area (Å²) in [7, 11) is 1.86. The van der Waals surface area contributed by atoms with Crippen molar-refractivity contribution < 1.29 is 19.4 Å². The second-order valence-electron chi connectivity index (χ2n) is 5.85. The zero-order valence-electron chi connectivity index (χ0n) is 13.5. The predicted octanol–water partition coefficient (Wildman–Crippen LogP) is 1.69. The van der Waals surface area contributed by atoms with Gasteiger partial charge in [-0.3, -0.25) is 9.48 Å². The van der Waals surface area contributed by atoms with Gasteiger partial charge in [0.25, 0.3) is 5.91 Å². The minimum Gasteiger partial charge on any atom is -0.478 e. The van der Waals surface area contributed by atoms with E-state index in [0.29, 0.717) is 18.6 Å². The third-order valence-corrected chi connectivity index (χ3v) is 4.36. The number of nitrogens with zero attached hydrogens (tertiary/aromatic N) is 2. The van der Waals surface area contributed by atoms with Crippen molar-refractivity contribution in [3.63, 3.8) is 0 Å². The number of carbonyl (C=O) groups excluding carboxylic acids is 1. The van der Waals surface area contributed by atoms with E-state index in [9.17, 15) is 9.59 Å². The molecule has 1 aromatic heterocycles. The van der Waals surface area contributed by atoms with Crippen molar-refractivity contribution in [2.45, 2.75) is 25.5 Å². The van der Waals surface area contributed by atoms with Crippen LogP contribution in [0, 0.1) is 6.92 Å². The Hall–Kier alpha value is -2.67. The fraction of sp³-hybridized carbons (Fsp3) is 0.353. The number of carboxylic acid groups (broad SMARTS) is 1. The van der Waals surface area contributed by atoms with E-state index in [1.807, 2.05) is 14.0 Å². The van der Waals surface area contributed by atoms with Crippen LogP contribution >= 0.6 is 0 Å². The molecule has 1 aromatic carbocycles. The van der Waals surface area contributed by atoms with Crippen molar-refractivity contribution in [3.8, 4) is 0 Å². The first kappa shape index (κ1) is 16.2. The second-order valence-corrected chi connectivity index (χ2v) is 5.85. The number of hydrogen-bond donors (Lipinski definition) is 2. The van der Waals surface area contributed by atoms with Crippen LogP contribution in [0.2, 0.25) is 0 Å². The second kappa shape index (κ2) is 6.45. The van der Waals surface area contributed by atoms with Crippen molar-refractivity contribution in [1.29, 1.82) is 0 Å². The highest BCUT2D eigenvalue weighted by Gasteiger charge is 2.33. The normalized spacial score (nSPS) is 20.1. The van der Waals surface area contributed by atoms with Gasteiger partial charge in [0.1, 0.15) is 6.10 Å². The smallest absolute Gasteiger partial charge is 0.335 e. The quantitative estimate of drug-likeness (QED) is 0.890. The molecule has 24 heavy (non-hydrogen) atoms. The van der Waals surface area contributed by atoms with Gasteiger partial charge in [0.15, 0.2) is 0 Å². The third kappa shape index (κ3) is 3.03. The molecule has 7 heteroatoms. The maximum Gasteiger partial charge on any atom is 0.335 e. The Morgan fingerprint density at radius 1 is 1.38 bits per heavy atom. The molecule has 1 aliphatic rings. The lowest BCUT2D eigenvalue weighted by atomic mass is 10.0. The Balaban J connectivity index is 1.77. The number of rotatable bonds is 4. The van der Waals surface area contributed by atoms with Gasteiger partial charge in [-0.05, 0) is 31.5 Å². The Labute approximate surface area is 139 Å². The van der Waals surface area contributed by atoms with Gasteiger partial charge in [-0.25, -0.2) is 4.79 Å². The topological polar surface area (TPSA) is 93.4 Å². The zero-order chi connectivity index (χ0) is 17.3. The minimum absolute atomic E-state index is 0.0879. The van der Waals surface area contributed by atoms with Crippen molar-refractivity contribution in [1.82, 2.24) is 15.1 Å². The Bertz CT molecular complexity index is 784. The fourth-order valence-electron chi connectivity index (χ4n) is 2.88. The van der Waals surface area contributed by atoms with Crippen molar-refractivity contribution in [3.05, 3.63) is 52.8 Å². The van der Waals surface area contributed by atoms with Crippen LogP contribution in [0.25, 0.3) is 0 Å². The van der Waals surface area contributed by atoms with Crippen LogP contribution in [-0.4, -0.2) is 39.4 Å². The Kier molecular flexibility index (Phi) is 4.35. The molecule has 126 valence electrons. The molecule has 1 saturated heterocycles. The molecule has 0 radical (unpaired) electrons. The maximum absolute atomic E-state index is 12.5. The largest absolute Gasteiger partial charge is 0.478 e. The highest BCUT2D eigenvalue weighted by atomic mass is 16.5. The summed E-state index contributed by atoms with van der Waals surface area (Å²) in [5, 5.41) is 16.2. The number of aromatic carboxylic acids is 1. The molecule has 2 aromatic rings. The number of carbonyl (C=O) groups is 2. The summed E-state index contributed by atoms with van der Waals surface area (Å²) in [5.41, 5.74) is 2.36. The summed E-state index contributed by atoms with van der Waals surface area (Å²) in [4.78, 5) is 23.5. The summed E-state index contributed by atoms with van der Waals surface area (Å²) < 4.78 is 7.55. The summed E-state index contributed by atoms with van der Waals surface area (Å²) in [6.45, 7) is 2.51. The molecule has 1 amide bonds. The lowest BCUT2D eigenvalue weighted by molar-refractivity contribution is 0.0697. The molecular weight excluding hydrogens is 310 g/mol. The van der Waals surface area contributed by atoms with E-state index in [1.165, 1.54) is 12.1 Å². The van der Waals surface area contributed by atoms with E-state index in [2.05, 4.69) is 10.4 Å². The van der Waals surface area contributed by atoms with E-state index in [1.54, 1.807) is 23.0 Å². The summed E-state index contributed by atoms with van der Waals surface area (Å²) in [5.74, 6) is -1.36. The third-order valence-electron chi connectivity index (χ3n) is 4.36. The van der Waals surface area contributed by atoms with Gasteiger partial charge in [-0.1, -0.05) is 6.07 Å². The summed E-state index contributed by atoms with van der Waals surface area (Å²) in [6, 6.07) is 5.82. The molecule has 0 spiro atoms.